The maximum Gasteiger partial charge on any atom is 0.410 e. The van der Waals surface area contributed by atoms with Crippen molar-refractivity contribution in [1.29, 1.82) is 0 Å². The van der Waals surface area contributed by atoms with Gasteiger partial charge >= 0.3 is 6.09 Å². The molecule has 0 aromatic heterocycles. The fraction of sp³-hybridized carbons (Fsp3) is 0.929. The topological polar surface area (TPSA) is 29.5 Å². The zero-order valence-corrected chi connectivity index (χ0v) is 11.5. The zero-order chi connectivity index (χ0) is 12.6. The van der Waals surface area contributed by atoms with Gasteiger partial charge in [-0.05, 0) is 57.8 Å². The smallest absolute Gasteiger partial charge is 0.410 e. The Balaban J connectivity index is 1.76. The predicted molar refractivity (Wildman–Crippen MR) is 67.8 cm³/mol. The fourth-order valence-electron chi connectivity index (χ4n) is 2.84. The number of amides is 1. The minimum absolute atomic E-state index is 0.139. The molecule has 17 heavy (non-hydrogen) atoms. The van der Waals surface area contributed by atoms with Gasteiger partial charge in [0.2, 0.25) is 0 Å². The summed E-state index contributed by atoms with van der Waals surface area (Å²) in [4.78, 5) is 13.7. The van der Waals surface area contributed by atoms with Crippen LogP contribution in [-0.2, 0) is 4.74 Å². The molecule has 1 aliphatic carbocycles. The second kappa shape index (κ2) is 4.51. The Kier molecular flexibility index (Phi) is 3.37. The summed E-state index contributed by atoms with van der Waals surface area (Å²) in [6.07, 6.45) is 3.58. The van der Waals surface area contributed by atoms with Gasteiger partial charge in [0.1, 0.15) is 5.60 Å². The largest absolute Gasteiger partial charge is 0.444 e. The molecule has 0 bridgehead atoms. The van der Waals surface area contributed by atoms with E-state index < -0.39 is 0 Å². The summed E-state index contributed by atoms with van der Waals surface area (Å²) >= 11 is 0. The van der Waals surface area contributed by atoms with E-state index in [0.29, 0.717) is 0 Å². The van der Waals surface area contributed by atoms with Gasteiger partial charge in [-0.1, -0.05) is 6.92 Å². The summed E-state index contributed by atoms with van der Waals surface area (Å²) in [7, 11) is 0. The minimum atomic E-state index is -0.376. The average Bonchev–Trinajstić information content (AvgIpc) is 2.93. The first-order chi connectivity index (χ1) is 7.87. The van der Waals surface area contributed by atoms with Crippen molar-refractivity contribution in [1.82, 2.24) is 4.90 Å². The summed E-state index contributed by atoms with van der Waals surface area (Å²) in [6, 6.07) is 0. The average molecular weight is 239 g/mol. The molecule has 0 aromatic rings. The highest BCUT2D eigenvalue weighted by molar-refractivity contribution is 5.68. The molecule has 2 rings (SSSR count). The SMILES string of the molecule is CC1CC1C1CCN(C(=O)OC(C)(C)C)CC1. The Morgan fingerprint density at radius 1 is 1.24 bits per heavy atom. The molecule has 3 heteroatoms. The Morgan fingerprint density at radius 3 is 2.18 bits per heavy atom. The number of carbonyl (C=O) groups is 1. The lowest BCUT2D eigenvalue weighted by Crippen LogP contribution is -2.42. The third-order valence-corrected chi connectivity index (χ3v) is 3.97. The fourth-order valence-corrected chi connectivity index (χ4v) is 2.84. The normalized spacial score (nSPS) is 30.2. The van der Waals surface area contributed by atoms with E-state index in [-0.39, 0.29) is 11.7 Å². The van der Waals surface area contributed by atoms with Crippen LogP contribution in [0.15, 0.2) is 0 Å². The molecule has 0 spiro atoms. The minimum Gasteiger partial charge on any atom is -0.444 e. The standard InChI is InChI=1S/C14H25NO2/c1-10-9-12(10)11-5-7-15(8-6-11)13(16)17-14(2,3)4/h10-12H,5-9H2,1-4H3. The lowest BCUT2D eigenvalue weighted by atomic mass is 9.91. The zero-order valence-electron chi connectivity index (χ0n) is 11.5. The second-order valence-corrected chi connectivity index (χ2v) is 6.68. The van der Waals surface area contributed by atoms with Crippen molar-refractivity contribution in [2.75, 3.05) is 13.1 Å². The maximum absolute atomic E-state index is 11.9. The van der Waals surface area contributed by atoms with Gasteiger partial charge in [-0.3, -0.25) is 0 Å². The van der Waals surface area contributed by atoms with E-state index in [1.54, 1.807) is 0 Å². The number of likely N-dealkylation sites (tertiary alicyclic amines) is 1. The van der Waals surface area contributed by atoms with Crippen LogP contribution < -0.4 is 0 Å². The summed E-state index contributed by atoms with van der Waals surface area (Å²) in [5.41, 5.74) is -0.376. The first-order valence-corrected chi connectivity index (χ1v) is 6.85. The molecule has 1 saturated heterocycles. The van der Waals surface area contributed by atoms with Crippen LogP contribution in [0.5, 0.6) is 0 Å². The quantitative estimate of drug-likeness (QED) is 0.702. The molecule has 1 saturated carbocycles. The van der Waals surface area contributed by atoms with E-state index in [9.17, 15) is 4.79 Å². The van der Waals surface area contributed by atoms with Crippen LogP contribution in [0.1, 0.15) is 47.0 Å². The van der Waals surface area contributed by atoms with Crippen LogP contribution in [0.25, 0.3) is 0 Å². The number of nitrogens with zero attached hydrogens (tertiary/aromatic N) is 1. The van der Waals surface area contributed by atoms with Gasteiger partial charge in [0, 0.05) is 13.1 Å². The van der Waals surface area contributed by atoms with Gasteiger partial charge in [-0.15, -0.1) is 0 Å². The van der Waals surface area contributed by atoms with Crippen molar-refractivity contribution in [3.05, 3.63) is 0 Å². The first-order valence-electron chi connectivity index (χ1n) is 6.85. The molecule has 2 unspecified atom stereocenters. The molecular weight excluding hydrogens is 214 g/mol. The Labute approximate surface area is 105 Å². The molecular formula is C14H25NO2. The van der Waals surface area contributed by atoms with Gasteiger partial charge in [0.15, 0.2) is 0 Å². The molecule has 1 heterocycles. The summed E-state index contributed by atoms with van der Waals surface area (Å²) in [5, 5.41) is 0. The highest BCUT2D eigenvalue weighted by Gasteiger charge is 2.41. The van der Waals surface area contributed by atoms with Gasteiger partial charge in [0.05, 0.1) is 0 Å². The van der Waals surface area contributed by atoms with E-state index in [2.05, 4.69) is 6.92 Å². The van der Waals surface area contributed by atoms with Crippen LogP contribution in [-0.4, -0.2) is 29.7 Å². The van der Waals surface area contributed by atoms with Crippen molar-refractivity contribution < 1.29 is 9.53 Å². The van der Waals surface area contributed by atoms with Gasteiger partial charge < -0.3 is 9.64 Å². The van der Waals surface area contributed by atoms with Crippen molar-refractivity contribution in [3.8, 4) is 0 Å². The van der Waals surface area contributed by atoms with Gasteiger partial charge in [0.25, 0.3) is 0 Å². The molecule has 2 aliphatic rings. The number of carbonyl (C=O) groups excluding carboxylic acids is 1. The van der Waals surface area contributed by atoms with E-state index in [1.165, 1.54) is 6.42 Å². The number of hydrogen-bond acceptors (Lipinski definition) is 2. The van der Waals surface area contributed by atoms with E-state index >= 15 is 0 Å². The number of rotatable bonds is 1. The number of piperidine rings is 1. The molecule has 1 aliphatic heterocycles. The van der Waals surface area contributed by atoms with Crippen LogP contribution in [0.3, 0.4) is 0 Å². The Hall–Kier alpha value is -0.730. The highest BCUT2D eigenvalue weighted by atomic mass is 16.6. The van der Waals surface area contributed by atoms with Crippen molar-refractivity contribution in [2.45, 2.75) is 52.6 Å². The Bertz CT molecular complexity index is 287. The van der Waals surface area contributed by atoms with E-state index in [0.717, 1.165) is 43.7 Å². The molecule has 1 amide bonds. The second-order valence-electron chi connectivity index (χ2n) is 6.68. The summed E-state index contributed by atoms with van der Waals surface area (Å²) in [5.74, 6) is 2.72. The lowest BCUT2D eigenvalue weighted by molar-refractivity contribution is 0.0174. The predicted octanol–water partition coefficient (Wildman–Crippen LogP) is 3.29. The van der Waals surface area contributed by atoms with Crippen LogP contribution in [0.2, 0.25) is 0 Å². The van der Waals surface area contributed by atoms with Crippen molar-refractivity contribution in [3.63, 3.8) is 0 Å². The molecule has 2 atom stereocenters. The first kappa shape index (κ1) is 12.7. The van der Waals surface area contributed by atoms with E-state index in [4.69, 9.17) is 4.74 Å². The number of ether oxygens (including phenoxy) is 1. The highest BCUT2D eigenvalue weighted by Crippen LogP contribution is 2.47. The van der Waals surface area contributed by atoms with Crippen molar-refractivity contribution in [2.24, 2.45) is 17.8 Å². The third-order valence-electron chi connectivity index (χ3n) is 3.97. The molecule has 0 N–H and O–H groups in total. The molecule has 0 radical (unpaired) electrons. The molecule has 98 valence electrons. The van der Waals surface area contributed by atoms with E-state index in [1.807, 2.05) is 25.7 Å². The summed E-state index contributed by atoms with van der Waals surface area (Å²) in [6.45, 7) is 9.85. The molecule has 3 nitrogen and oxygen atoms in total. The lowest BCUT2D eigenvalue weighted by Gasteiger charge is -2.33. The Morgan fingerprint density at radius 2 is 1.76 bits per heavy atom. The van der Waals surface area contributed by atoms with Gasteiger partial charge in [-0.25, -0.2) is 4.79 Å². The monoisotopic (exact) mass is 239 g/mol. The van der Waals surface area contributed by atoms with Crippen LogP contribution >= 0.6 is 0 Å². The van der Waals surface area contributed by atoms with Crippen LogP contribution in [0.4, 0.5) is 4.79 Å². The maximum atomic E-state index is 11.9. The molecule has 0 aromatic carbocycles. The number of hydrogen-bond donors (Lipinski definition) is 0. The van der Waals surface area contributed by atoms with Gasteiger partial charge in [-0.2, -0.15) is 0 Å². The molecule has 2 fully saturated rings. The van der Waals surface area contributed by atoms with Crippen molar-refractivity contribution >= 4 is 6.09 Å². The third kappa shape index (κ3) is 3.36. The van der Waals surface area contributed by atoms with Crippen LogP contribution in [0, 0.1) is 17.8 Å². The summed E-state index contributed by atoms with van der Waals surface area (Å²) < 4.78 is 5.40.